The molecule has 0 spiro atoms. The molecule has 0 unspecified atom stereocenters. The molecule has 0 saturated heterocycles. The minimum absolute atomic E-state index is 0.0658. The Labute approximate surface area is 141 Å². The van der Waals surface area contributed by atoms with Gasteiger partial charge in [-0.25, -0.2) is 0 Å². The van der Waals surface area contributed by atoms with Crippen LogP contribution in [0.2, 0.25) is 0 Å². The van der Waals surface area contributed by atoms with E-state index in [-0.39, 0.29) is 23.5 Å². The lowest BCUT2D eigenvalue weighted by Gasteiger charge is -2.50. The van der Waals surface area contributed by atoms with Crippen molar-refractivity contribution in [2.24, 2.45) is 17.3 Å². The number of rotatable bonds is 2. The largest absolute Gasteiger partial charge is 0.508 e. The Balaban J connectivity index is 1.76. The molecule has 4 rings (SSSR count). The summed E-state index contributed by atoms with van der Waals surface area (Å²) in [5.41, 5.74) is 2.01. The summed E-state index contributed by atoms with van der Waals surface area (Å²) in [4.78, 5) is 23.8. The SMILES string of the molecule is C[C@]12CC[C@@H]3c4ccc(O)cc4[C@H](CC(=O)O)C[C@H]3[C@@H]1CCC2=O. The predicted octanol–water partition coefficient (Wildman–Crippen LogP) is 3.83. The molecule has 0 aliphatic heterocycles. The topological polar surface area (TPSA) is 74.6 Å². The van der Waals surface area contributed by atoms with E-state index in [1.54, 1.807) is 12.1 Å². The Morgan fingerprint density at radius 3 is 2.83 bits per heavy atom. The molecule has 0 heterocycles. The number of hydrogen-bond acceptors (Lipinski definition) is 3. The van der Waals surface area contributed by atoms with Gasteiger partial charge in [0.05, 0.1) is 6.42 Å². The Kier molecular flexibility index (Phi) is 3.48. The van der Waals surface area contributed by atoms with Crippen LogP contribution in [0.25, 0.3) is 0 Å². The highest BCUT2D eigenvalue weighted by Gasteiger charge is 2.55. The first-order valence-corrected chi connectivity index (χ1v) is 8.98. The summed E-state index contributed by atoms with van der Waals surface area (Å²) in [5.74, 6) is 0.905. The van der Waals surface area contributed by atoms with E-state index in [0.29, 0.717) is 30.0 Å². The van der Waals surface area contributed by atoms with Crippen LogP contribution < -0.4 is 0 Å². The minimum atomic E-state index is -0.797. The molecular weight excluding hydrogens is 304 g/mol. The number of carboxylic acids is 1. The van der Waals surface area contributed by atoms with Gasteiger partial charge in [-0.3, -0.25) is 9.59 Å². The molecule has 3 aliphatic rings. The van der Waals surface area contributed by atoms with Gasteiger partial charge in [-0.15, -0.1) is 0 Å². The first-order valence-electron chi connectivity index (χ1n) is 8.98. The number of carboxylic acid groups (broad SMARTS) is 1. The zero-order valence-corrected chi connectivity index (χ0v) is 14.0. The fourth-order valence-electron chi connectivity index (χ4n) is 5.89. The third kappa shape index (κ3) is 2.19. The van der Waals surface area contributed by atoms with Crippen LogP contribution in [0.15, 0.2) is 18.2 Å². The summed E-state index contributed by atoms with van der Waals surface area (Å²) in [6.45, 7) is 2.13. The molecule has 0 radical (unpaired) electrons. The van der Waals surface area contributed by atoms with Crippen molar-refractivity contribution in [3.05, 3.63) is 29.3 Å². The van der Waals surface area contributed by atoms with Gasteiger partial charge in [0.25, 0.3) is 0 Å². The number of phenols is 1. The standard InChI is InChI=1S/C20H24O4/c1-20-7-6-14-13-3-2-12(21)10-15(13)11(9-19(23)24)8-16(14)17(20)4-5-18(20)22/h2-3,10-11,14,16-17,21H,4-9H2,1H3,(H,23,24)/t11-,14+,16+,17-,20-/m0/s1. The van der Waals surface area contributed by atoms with E-state index in [9.17, 15) is 19.8 Å². The highest BCUT2D eigenvalue weighted by atomic mass is 16.4. The molecule has 1 aromatic carbocycles. The molecule has 2 fully saturated rings. The van der Waals surface area contributed by atoms with E-state index in [2.05, 4.69) is 6.92 Å². The molecule has 0 amide bonds. The van der Waals surface area contributed by atoms with Crippen molar-refractivity contribution in [1.82, 2.24) is 0 Å². The lowest BCUT2D eigenvalue weighted by Crippen LogP contribution is -2.43. The van der Waals surface area contributed by atoms with E-state index >= 15 is 0 Å². The fourth-order valence-corrected chi connectivity index (χ4v) is 5.89. The number of benzene rings is 1. The fraction of sp³-hybridized carbons (Fsp3) is 0.600. The minimum Gasteiger partial charge on any atom is -0.508 e. The Hall–Kier alpha value is -1.84. The van der Waals surface area contributed by atoms with Crippen molar-refractivity contribution in [1.29, 1.82) is 0 Å². The lowest BCUT2D eigenvalue weighted by molar-refractivity contribution is -0.138. The predicted molar refractivity (Wildman–Crippen MR) is 89.0 cm³/mol. The van der Waals surface area contributed by atoms with Gasteiger partial charge in [-0.05, 0) is 72.6 Å². The molecule has 2 N–H and O–H groups in total. The summed E-state index contributed by atoms with van der Waals surface area (Å²) in [5, 5.41) is 19.2. The van der Waals surface area contributed by atoms with Crippen LogP contribution in [0.4, 0.5) is 0 Å². The Morgan fingerprint density at radius 1 is 1.29 bits per heavy atom. The van der Waals surface area contributed by atoms with E-state index in [4.69, 9.17) is 0 Å². The number of Topliss-reactive ketones (excluding diaryl/α,β-unsaturated/α-hetero) is 1. The Bertz CT molecular complexity index is 710. The molecule has 4 nitrogen and oxygen atoms in total. The summed E-state index contributed by atoms with van der Waals surface area (Å²) in [6, 6.07) is 5.45. The number of carbonyl (C=O) groups excluding carboxylic acids is 1. The van der Waals surface area contributed by atoms with E-state index in [0.717, 1.165) is 31.2 Å². The highest BCUT2D eigenvalue weighted by Crippen LogP contribution is 2.61. The monoisotopic (exact) mass is 328 g/mol. The highest BCUT2D eigenvalue weighted by molar-refractivity contribution is 5.87. The zero-order valence-electron chi connectivity index (χ0n) is 14.0. The van der Waals surface area contributed by atoms with Gasteiger partial charge in [-0.2, -0.15) is 0 Å². The van der Waals surface area contributed by atoms with Gasteiger partial charge in [0, 0.05) is 11.8 Å². The van der Waals surface area contributed by atoms with Gasteiger partial charge in [-0.1, -0.05) is 13.0 Å². The second-order valence-corrected chi connectivity index (χ2v) is 8.14. The van der Waals surface area contributed by atoms with Gasteiger partial charge in [0.2, 0.25) is 0 Å². The second-order valence-electron chi connectivity index (χ2n) is 8.14. The zero-order chi connectivity index (χ0) is 17.1. The van der Waals surface area contributed by atoms with Crippen LogP contribution in [0, 0.1) is 17.3 Å². The molecule has 24 heavy (non-hydrogen) atoms. The van der Waals surface area contributed by atoms with E-state index in [1.165, 1.54) is 5.56 Å². The van der Waals surface area contributed by atoms with Crippen molar-refractivity contribution < 1.29 is 19.8 Å². The van der Waals surface area contributed by atoms with Crippen molar-refractivity contribution in [2.75, 3.05) is 0 Å². The molecule has 5 atom stereocenters. The van der Waals surface area contributed by atoms with Crippen LogP contribution in [0.5, 0.6) is 5.75 Å². The number of fused-ring (bicyclic) bond motifs is 5. The summed E-state index contributed by atoms with van der Waals surface area (Å²) in [7, 11) is 0. The number of hydrogen-bond donors (Lipinski definition) is 2. The van der Waals surface area contributed by atoms with Crippen molar-refractivity contribution in [2.45, 2.75) is 57.3 Å². The van der Waals surface area contributed by atoms with Crippen LogP contribution in [0.3, 0.4) is 0 Å². The van der Waals surface area contributed by atoms with E-state index < -0.39 is 5.97 Å². The quantitative estimate of drug-likeness (QED) is 0.865. The molecule has 0 aromatic heterocycles. The van der Waals surface area contributed by atoms with Crippen LogP contribution in [0.1, 0.15) is 68.4 Å². The summed E-state index contributed by atoms with van der Waals surface area (Å²) < 4.78 is 0. The molecule has 3 aliphatic carbocycles. The van der Waals surface area contributed by atoms with Crippen molar-refractivity contribution in [3.63, 3.8) is 0 Å². The molecule has 1 aromatic rings. The molecule has 128 valence electrons. The van der Waals surface area contributed by atoms with Crippen LogP contribution in [-0.4, -0.2) is 22.0 Å². The Morgan fingerprint density at radius 2 is 2.08 bits per heavy atom. The smallest absolute Gasteiger partial charge is 0.303 e. The van der Waals surface area contributed by atoms with Crippen molar-refractivity contribution >= 4 is 11.8 Å². The normalized spacial score (nSPS) is 37.5. The third-order valence-electron chi connectivity index (χ3n) is 7.03. The molecule has 2 saturated carbocycles. The van der Waals surface area contributed by atoms with Gasteiger partial charge in [0.15, 0.2) is 0 Å². The van der Waals surface area contributed by atoms with Gasteiger partial charge < -0.3 is 10.2 Å². The average Bonchev–Trinajstić information content (AvgIpc) is 2.83. The van der Waals surface area contributed by atoms with Crippen molar-refractivity contribution in [3.8, 4) is 5.75 Å². The average molecular weight is 328 g/mol. The maximum atomic E-state index is 12.4. The maximum Gasteiger partial charge on any atom is 0.303 e. The second kappa shape index (κ2) is 5.33. The van der Waals surface area contributed by atoms with Gasteiger partial charge >= 0.3 is 5.97 Å². The van der Waals surface area contributed by atoms with Crippen LogP contribution >= 0.6 is 0 Å². The number of aliphatic carboxylic acids is 1. The number of phenolic OH excluding ortho intramolecular Hbond substituents is 1. The van der Waals surface area contributed by atoms with Gasteiger partial charge in [0.1, 0.15) is 11.5 Å². The lowest BCUT2D eigenvalue weighted by atomic mass is 9.54. The molecule has 4 heteroatoms. The van der Waals surface area contributed by atoms with E-state index in [1.807, 2.05) is 6.07 Å². The van der Waals surface area contributed by atoms with Crippen LogP contribution in [-0.2, 0) is 9.59 Å². The first kappa shape index (κ1) is 15.7. The molecule has 0 bridgehead atoms. The summed E-state index contributed by atoms with van der Waals surface area (Å²) >= 11 is 0. The first-order chi connectivity index (χ1) is 11.4. The summed E-state index contributed by atoms with van der Waals surface area (Å²) in [6.07, 6.45) is 4.46. The number of aromatic hydroxyl groups is 1. The number of carbonyl (C=O) groups is 2. The number of ketones is 1. The third-order valence-corrected chi connectivity index (χ3v) is 7.03. The maximum absolute atomic E-state index is 12.4. The molecular formula is C20H24O4.